The highest BCUT2D eigenvalue weighted by atomic mass is 15.3. The molecule has 1 N–H and O–H groups in total. The highest BCUT2D eigenvalue weighted by Gasteiger charge is 2.16. The van der Waals surface area contributed by atoms with Crippen molar-refractivity contribution in [2.45, 2.75) is 6.42 Å². The number of hydrogen-bond acceptors (Lipinski definition) is 5. The van der Waals surface area contributed by atoms with E-state index in [2.05, 4.69) is 37.0 Å². The molecule has 1 aliphatic heterocycles. The summed E-state index contributed by atoms with van der Waals surface area (Å²) < 4.78 is 0. The van der Waals surface area contributed by atoms with E-state index in [1.807, 2.05) is 0 Å². The van der Waals surface area contributed by atoms with Gasteiger partial charge in [0.15, 0.2) is 5.65 Å². The van der Waals surface area contributed by atoms with Crippen molar-refractivity contribution in [3.05, 3.63) is 12.5 Å². The van der Waals surface area contributed by atoms with E-state index in [9.17, 15) is 0 Å². The Bertz CT molecular complexity index is 507. The van der Waals surface area contributed by atoms with Crippen LogP contribution in [0.15, 0.2) is 12.5 Å². The van der Waals surface area contributed by atoms with Crippen molar-refractivity contribution in [1.82, 2.24) is 25.1 Å². The smallest absolute Gasteiger partial charge is 0.160 e. The summed E-state index contributed by atoms with van der Waals surface area (Å²) in [6.45, 7) is 4.27. The fourth-order valence-corrected chi connectivity index (χ4v) is 2.26. The molecule has 1 fully saturated rings. The minimum absolute atomic E-state index is 0.813. The zero-order chi connectivity index (χ0) is 11.7. The number of aromatic amines is 1. The van der Waals surface area contributed by atoms with E-state index in [4.69, 9.17) is 0 Å². The Balaban J connectivity index is 1.94. The summed E-state index contributed by atoms with van der Waals surface area (Å²) in [5.41, 5.74) is 0.813. The van der Waals surface area contributed by atoms with Gasteiger partial charge in [-0.1, -0.05) is 0 Å². The lowest BCUT2D eigenvalue weighted by Crippen LogP contribution is -2.29. The van der Waals surface area contributed by atoms with Crippen molar-refractivity contribution < 1.29 is 0 Å². The van der Waals surface area contributed by atoms with E-state index >= 15 is 0 Å². The van der Waals surface area contributed by atoms with Crippen molar-refractivity contribution in [3.8, 4) is 0 Å². The van der Waals surface area contributed by atoms with Gasteiger partial charge in [-0.3, -0.25) is 5.10 Å². The minimum atomic E-state index is 0.813. The monoisotopic (exact) mass is 232 g/mol. The van der Waals surface area contributed by atoms with Gasteiger partial charge in [0.1, 0.15) is 12.1 Å². The average molecular weight is 232 g/mol. The average Bonchev–Trinajstić information content (AvgIpc) is 2.72. The van der Waals surface area contributed by atoms with E-state index < -0.39 is 0 Å². The van der Waals surface area contributed by atoms with Gasteiger partial charge in [0, 0.05) is 19.6 Å². The Kier molecular flexibility index (Phi) is 2.64. The Hall–Kier alpha value is -1.69. The van der Waals surface area contributed by atoms with Gasteiger partial charge in [0.25, 0.3) is 0 Å². The third-order valence-electron chi connectivity index (χ3n) is 3.25. The second-order valence-corrected chi connectivity index (χ2v) is 4.47. The highest BCUT2D eigenvalue weighted by molar-refractivity contribution is 5.86. The number of nitrogens with one attached hydrogen (secondary N) is 1. The standard InChI is InChI=1S/C11H16N6/c1-16-3-2-4-17(6-5-16)11-9-7-14-15-10(9)12-8-13-11/h7-8H,2-6H2,1H3,(H,12,13,14,15). The van der Waals surface area contributed by atoms with Gasteiger partial charge >= 0.3 is 0 Å². The van der Waals surface area contributed by atoms with Crippen molar-refractivity contribution in [2.24, 2.45) is 0 Å². The molecule has 0 radical (unpaired) electrons. The van der Waals surface area contributed by atoms with Crippen LogP contribution in [0, 0.1) is 0 Å². The first-order chi connectivity index (χ1) is 8.34. The van der Waals surface area contributed by atoms with Gasteiger partial charge in [0.2, 0.25) is 0 Å². The van der Waals surface area contributed by atoms with Crippen LogP contribution in [0.4, 0.5) is 5.82 Å². The van der Waals surface area contributed by atoms with Crippen LogP contribution in [0.3, 0.4) is 0 Å². The molecule has 0 saturated carbocycles. The van der Waals surface area contributed by atoms with Gasteiger partial charge in [-0.15, -0.1) is 0 Å². The Labute approximate surface area is 99.7 Å². The number of likely N-dealkylation sites (N-methyl/N-ethyl adjacent to an activating group) is 1. The number of H-pyrrole nitrogens is 1. The van der Waals surface area contributed by atoms with Crippen LogP contribution in [0.25, 0.3) is 11.0 Å². The van der Waals surface area contributed by atoms with Crippen LogP contribution in [0.5, 0.6) is 0 Å². The molecule has 6 heteroatoms. The number of fused-ring (bicyclic) bond motifs is 1. The molecule has 17 heavy (non-hydrogen) atoms. The molecular formula is C11H16N6. The quantitative estimate of drug-likeness (QED) is 0.775. The molecule has 3 heterocycles. The molecule has 90 valence electrons. The van der Waals surface area contributed by atoms with Crippen molar-refractivity contribution in [1.29, 1.82) is 0 Å². The minimum Gasteiger partial charge on any atom is -0.355 e. The molecule has 0 unspecified atom stereocenters. The van der Waals surface area contributed by atoms with Gasteiger partial charge in [-0.2, -0.15) is 5.10 Å². The molecule has 0 aromatic carbocycles. The number of nitrogens with zero attached hydrogens (tertiary/aromatic N) is 5. The third kappa shape index (κ3) is 1.95. The maximum absolute atomic E-state index is 4.41. The first-order valence-electron chi connectivity index (χ1n) is 5.92. The summed E-state index contributed by atoms with van der Waals surface area (Å²) in [5, 5.41) is 7.93. The molecule has 3 rings (SSSR count). The summed E-state index contributed by atoms with van der Waals surface area (Å²) in [5.74, 6) is 0.999. The van der Waals surface area contributed by atoms with Crippen LogP contribution >= 0.6 is 0 Å². The molecule has 0 amide bonds. The molecule has 2 aromatic heterocycles. The Morgan fingerprint density at radius 1 is 1.18 bits per heavy atom. The summed E-state index contributed by atoms with van der Waals surface area (Å²) in [7, 11) is 2.16. The zero-order valence-electron chi connectivity index (χ0n) is 9.93. The van der Waals surface area contributed by atoms with Gasteiger partial charge < -0.3 is 9.80 Å². The number of rotatable bonds is 1. The molecule has 0 bridgehead atoms. The topological polar surface area (TPSA) is 60.9 Å². The zero-order valence-corrected chi connectivity index (χ0v) is 9.93. The fourth-order valence-electron chi connectivity index (χ4n) is 2.26. The van der Waals surface area contributed by atoms with E-state index in [1.165, 1.54) is 6.42 Å². The Morgan fingerprint density at radius 2 is 2.12 bits per heavy atom. The highest BCUT2D eigenvalue weighted by Crippen LogP contribution is 2.21. The maximum atomic E-state index is 4.41. The molecular weight excluding hydrogens is 216 g/mol. The fraction of sp³-hybridized carbons (Fsp3) is 0.545. The predicted octanol–water partition coefficient (Wildman–Crippen LogP) is 0.495. The number of hydrogen-bond donors (Lipinski definition) is 1. The summed E-state index contributed by atoms with van der Waals surface area (Å²) in [4.78, 5) is 13.3. The Morgan fingerprint density at radius 3 is 3.06 bits per heavy atom. The number of aromatic nitrogens is 4. The SMILES string of the molecule is CN1CCCN(c2ncnc3[nH]ncc23)CC1. The van der Waals surface area contributed by atoms with Crippen molar-refractivity contribution in [2.75, 3.05) is 38.1 Å². The van der Waals surface area contributed by atoms with E-state index in [1.54, 1.807) is 12.5 Å². The largest absolute Gasteiger partial charge is 0.355 e. The molecule has 2 aromatic rings. The predicted molar refractivity (Wildman–Crippen MR) is 66.0 cm³/mol. The second-order valence-electron chi connectivity index (χ2n) is 4.47. The first-order valence-corrected chi connectivity index (χ1v) is 5.92. The summed E-state index contributed by atoms with van der Waals surface area (Å²) in [6.07, 6.45) is 4.57. The van der Waals surface area contributed by atoms with Crippen LogP contribution in [-0.4, -0.2) is 58.3 Å². The molecule has 1 saturated heterocycles. The molecule has 0 atom stereocenters. The van der Waals surface area contributed by atoms with Gasteiger partial charge in [0.05, 0.1) is 11.6 Å². The lowest BCUT2D eigenvalue weighted by Gasteiger charge is -2.21. The molecule has 1 aliphatic rings. The van der Waals surface area contributed by atoms with Crippen molar-refractivity contribution in [3.63, 3.8) is 0 Å². The van der Waals surface area contributed by atoms with Crippen LogP contribution in [-0.2, 0) is 0 Å². The van der Waals surface area contributed by atoms with E-state index in [0.717, 1.165) is 43.0 Å². The van der Waals surface area contributed by atoms with Crippen LogP contribution < -0.4 is 4.90 Å². The van der Waals surface area contributed by atoms with Crippen LogP contribution in [0.2, 0.25) is 0 Å². The third-order valence-corrected chi connectivity index (χ3v) is 3.25. The molecule has 6 nitrogen and oxygen atoms in total. The van der Waals surface area contributed by atoms with E-state index in [-0.39, 0.29) is 0 Å². The van der Waals surface area contributed by atoms with Crippen LogP contribution in [0.1, 0.15) is 6.42 Å². The van der Waals surface area contributed by atoms with Gasteiger partial charge in [-0.05, 0) is 20.0 Å². The normalized spacial score (nSPS) is 18.5. The second kappa shape index (κ2) is 4.29. The first kappa shape index (κ1) is 10.5. The van der Waals surface area contributed by atoms with Crippen molar-refractivity contribution >= 4 is 16.9 Å². The summed E-state index contributed by atoms with van der Waals surface area (Å²) >= 11 is 0. The summed E-state index contributed by atoms with van der Waals surface area (Å²) in [6, 6.07) is 0. The number of anilines is 1. The maximum Gasteiger partial charge on any atom is 0.160 e. The molecule has 0 aliphatic carbocycles. The van der Waals surface area contributed by atoms with E-state index in [0.29, 0.717) is 0 Å². The lowest BCUT2D eigenvalue weighted by atomic mass is 10.3. The molecule has 0 spiro atoms. The van der Waals surface area contributed by atoms with Gasteiger partial charge in [-0.25, -0.2) is 9.97 Å². The lowest BCUT2D eigenvalue weighted by molar-refractivity contribution is 0.360.